The lowest BCUT2D eigenvalue weighted by Crippen LogP contribution is -2.42. The Balaban J connectivity index is 1.84. The number of ether oxygens (including phenoxy) is 1. The summed E-state index contributed by atoms with van der Waals surface area (Å²) in [5.41, 5.74) is 3.29. The van der Waals surface area contributed by atoms with Crippen LogP contribution in [0, 0.1) is 12.8 Å². The Morgan fingerprint density at radius 3 is 2.58 bits per heavy atom. The van der Waals surface area contributed by atoms with Crippen LogP contribution in [0.15, 0.2) is 24.4 Å². The number of benzene rings is 1. The largest absolute Gasteiger partial charge is 0.494 e. The maximum atomic E-state index is 12.6. The van der Waals surface area contributed by atoms with Crippen molar-refractivity contribution in [1.82, 2.24) is 9.88 Å². The first kappa shape index (κ1) is 18.5. The van der Waals surface area contributed by atoms with Gasteiger partial charge in [0, 0.05) is 43.7 Å². The van der Waals surface area contributed by atoms with Crippen LogP contribution >= 0.6 is 0 Å². The summed E-state index contributed by atoms with van der Waals surface area (Å²) in [7, 11) is 1.68. The van der Waals surface area contributed by atoms with E-state index < -0.39 is 0 Å². The lowest BCUT2D eigenvalue weighted by Gasteiger charge is -2.36. The van der Waals surface area contributed by atoms with Crippen LogP contribution in [0.4, 0.5) is 5.69 Å². The zero-order valence-electron chi connectivity index (χ0n) is 16.3. The van der Waals surface area contributed by atoms with Gasteiger partial charge in [0.2, 0.25) is 5.91 Å². The van der Waals surface area contributed by atoms with Crippen molar-refractivity contribution in [2.75, 3.05) is 38.2 Å². The quantitative estimate of drug-likeness (QED) is 0.821. The Hall–Kier alpha value is -2.30. The normalized spacial score (nSPS) is 15.3. The molecule has 2 heterocycles. The minimum absolute atomic E-state index is 0.147. The topological polar surface area (TPSA) is 45.7 Å². The molecule has 0 spiro atoms. The zero-order valence-corrected chi connectivity index (χ0v) is 16.3. The number of anilines is 1. The van der Waals surface area contributed by atoms with Crippen molar-refractivity contribution >= 4 is 22.5 Å². The van der Waals surface area contributed by atoms with Gasteiger partial charge in [0.05, 0.1) is 12.8 Å². The van der Waals surface area contributed by atoms with Gasteiger partial charge in [0.15, 0.2) is 0 Å². The molecule has 1 fully saturated rings. The van der Waals surface area contributed by atoms with Crippen molar-refractivity contribution < 1.29 is 9.53 Å². The van der Waals surface area contributed by atoms with E-state index in [1.165, 1.54) is 11.3 Å². The third-order valence-electron chi connectivity index (χ3n) is 5.47. The first-order chi connectivity index (χ1) is 12.6. The van der Waals surface area contributed by atoms with Crippen molar-refractivity contribution in [1.29, 1.82) is 0 Å². The number of nitrogens with zero attached hydrogens (tertiary/aromatic N) is 3. The van der Waals surface area contributed by atoms with E-state index in [1.807, 2.05) is 23.2 Å². The van der Waals surface area contributed by atoms with Gasteiger partial charge in [-0.25, -0.2) is 0 Å². The highest BCUT2D eigenvalue weighted by atomic mass is 16.5. The summed E-state index contributed by atoms with van der Waals surface area (Å²) in [5.74, 6) is 1.26. The van der Waals surface area contributed by atoms with E-state index in [1.54, 1.807) is 7.11 Å². The molecule has 1 aliphatic heterocycles. The number of pyridine rings is 1. The Kier molecular flexibility index (Phi) is 5.64. The van der Waals surface area contributed by atoms with Crippen LogP contribution in [0.25, 0.3) is 10.9 Å². The minimum Gasteiger partial charge on any atom is -0.494 e. The monoisotopic (exact) mass is 355 g/mol. The molecule has 0 radical (unpaired) electrons. The van der Waals surface area contributed by atoms with Gasteiger partial charge >= 0.3 is 0 Å². The fourth-order valence-corrected chi connectivity index (χ4v) is 4.01. The summed E-state index contributed by atoms with van der Waals surface area (Å²) in [6.45, 7) is 9.59. The maximum absolute atomic E-state index is 12.6. The summed E-state index contributed by atoms with van der Waals surface area (Å²) in [5, 5.41) is 1.12. The van der Waals surface area contributed by atoms with Gasteiger partial charge in [-0.3, -0.25) is 9.78 Å². The van der Waals surface area contributed by atoms with E-state index in [0.717, 1.165) is 55.7 Å². The lowest BCUT2D eigenvalue weighted by atomic mass is 9.94. The number of para-hydroxylation sites is 1. The van der Waals surface area contributed by atoms with Crippen molar-refractivity contribution in [2.24, 2.45) is 5.92 Å². The Morgan fingerprint density at radius 2 is 1.96 bits per heavy atom. The zero-order chi connectivity index (χ0) is 18.7. The number of hydrogen-bond donors (Lipinski definition) is 0. The number of piperidine rings is 1. The Morgan fingerprint density at radius 1 is 1.27 bits per heavy atom. The van der Waals surface area contributed by atoms with E-state index in [2.05, 4.69) is 36.7 Å². The molecule has 5 nitrogen and oxygen atoms in total. The molecule has 1 aromatic carbocycles. The lowest BCUT2D eigenvalue weighted by molar-refractivity contribution is -0.135. The SMILES string of the molecule is CCN(CC)C(=O)C1CCN(c2c(C)cnc3c(OC)cccc23)CC1. The summed E-state index contributed by atoms with van der Waals surface area (Å²) >= 11 is 0. The molecule has 26 heavy (non-hydrogen) atoms. The predicted octanol–water partition coefficient (Wildman–Crippen LogP) is 3.64. The predicted molar refractivity (Wildman–Crippen MR) is 106 cm³/mol. The molecule has 0 N–H and O–H groups in total. The van der Waals surface area contributed by atoms with E-state index in [9.17, 15) is 4.79 Å². The third kappa shape index (κ3) is 3.35. The minimum atomic E-state index is 0.147. The number of fused-ring (bicyclic) bond motifs is 1. The average Bonchev–Trinajstić information content (AvgIpc) is 2.68. The van der Waals surface area contributed by atoms with Crippen molar-refractivity contribution in [2.45, 2.75) is 33.6 Å². The second kappa shape index (κ2) is 7.94. The molecule has 0 unspecified atom stereocenters. The molecule has 1 saturated heterocycles. The van der Waals surface area contributed by atoms with Crippen LogP contribution in [0.5, 0.6) is 5.75 Å². The van der Waals surface area contributed by atoms with Crippen LogP contribution in [0.2, 0.25) is 0 Å². The number of carbonyl (C=O) groups is 1. The molecule has 0 bridgehead atoms. The van der Waals surface area contributed by atoms with Gasteiger partial charge in [0.25, 0.3) is 0 Å². The standard InChI is InChI=1S/C21H29N3O2/c1-5-23(6-2)21(25)16-10-12-24(13-11-16)20-15(3)14-22-19-17(20)8-7-9-18(19)26-4/h7-9,14,16H,5-6,10-13H2,1-4H3. The molecule has 0 aliphatic carbocycles. The average molecular weight is 355 g/mol. The second-order valence-electron chi connectivity index (χ2n) is 6.92. The number of aromatic nitrogens is 1. The molecular weight excluding hydrogens is 326 g/mol. The molecule has 5 heteroatoms. The van der Waals surface area contributed by atoms with Crippen molar-refractivity contribution in [3.8, 4) is 5.75 Å². The summed E-state index contributed by atoms with van der Waals surface area (Å²) in [4.78, 5) is 21.6. The number of amides is 1. The highest BCUT2D eigenvalue weighted by molar-refractivity contribution is 5.96. The van der Waals surface area contributed by atoms with Gasteiger partial charge in [0.1, 0.15) is 11.3 Å². The maximum Gasteiger partial charge on any atom is 0.225 e. The first-order valence-electron chi connectivity index (χ1n) is 9.56. The van der Waals surface area contributed by atoms with Crippen LogP contribution in [0.3, 0.4) is 0 Å². The molecule has 1 aromatic heterocycles. The molecule has 1 amide bonds. The number of hydrogen-bond acceptors (Lipinski definition) is 4. The van der Waals surface area contributed by atoms with Crippen LogP contribution in [-0.4, -0.2) is 49.1 Å². The van der Waals surface area contributed by atoms with Gasteiger partial charge in [-0.2, -0.15) is 0 Å². The molecule has 3 rings (SSSR count). The van der Waals surface area contributed by atoms with Gasteiger partial charge < -0.3 is 14.5 Å². The Labute approximate surface area is 156 Å². The second-order valence-corrected chi connectivity index (χ2v) is 6.92. The van der Waals surface area contributed by atoms with E-state index in [0.29, 0.717) is 5.91 Å². The van der Waals surface area contributed by atoms with Crippen molar-refractivity contribution in [3.05, 3.63) is 30.0 Å². The van der Waals surface area contributed by atoms with E-state index in [4.69, 9.17) is 4.74 Å². The molecule has 0 atom stereocenters. The van der Waals surface area contributed by atoms with Gasteiger partial charge in [-0.05, 0) is 45.2 Å². The molecule has 140 valence electrons. The molecule has 1 aliphatic rings. The molecular formula is C21H29N3O2. The number of rotatable bonds is 5. The highest BCUT2D eigenvalue weighted by Crippen LogP contribution is 2.35. The summed E-state index contributed by atoms with van der Waals surface area (Å²) in [6.07, 6.45) is 3.73. The fraction of sp³-hybridized carbons (Fsp3) is 0.524. The fourth-order valence-electron chi connectivity index (χ4n) is 4.01. The van der Waals surface area contributed by atoms with Crippen molar-refractivity contribution in [3.63, 3.8) is 0 Å². The van der Waals surface area contributed by atoms with E-state index in [-0.39, 0.29) is 5.92 Å². The van der Waals surface area contributed by atoms with Gasteiger partial charge in [-0.1, -0.05) is 12.1 Å². The highest BCUT2D eigenvalue weighted by Gasteiger charge is 2.28. The van der Waals surface area contributed by atoms with Gasteiger partial charge in [-0.15, -0.1) is 0 Å². The summed E-state index contributed by atoms with van der Waals surface area (Å²) < 4.78 is 5.48. The Bertz CT molecular complexity index is 778. The van der Waals surface area contributed by atoms with E-state index >= 15 is 0 Å². The molecule has 2 aromatic rings. The number of methoxy groups -OCH3 is 1. The third-order valence-corrected chi connectivity index (χ3v) is 5.47. The summed E-state index contributed by atoms with van der Waals surface area (Å²) in [6, 6.07) is 6.08. The number of carbonyl (C=O) groups excluding carboxylic acids is 1. The smallest absolute Gasteiger partial charge is 0.225 e. The van der Waals surface area contributed by atoms with Crippen LogP contribution in [0.1, 0.15) is 32.3 Å². The van der Waals surface area contributed by atoms with Crippen LogP contribution in [-0.2, 0) is 4.79 Å². The number of aryl methyl sites for hydroxylation is 1. The van der Waals surface area contributed by atoms with Crippen LogP contribution < -0.4 is 9.64 Å². The first-order valence-corrected chi connectivity index (χ1v) is 9.56. The molecule has 0 saturated carbocycles.